The van der Waals surface area contributed by atoms with Gasteiger partial charge in [0.2, 0.25) is 5.91 Å². The van der Waals surface area contributed by atoms with Crippen LogP contribution >= 0.6 is 0 Å². The Bertz CT molecular complexity index is 361. The fourth-order valence-electron chi connectivity index (χ4n) is 1.05. The van der Waals surface area contributed by atoms with Crippen LogP contribution in [-0.4, -0.2) is 21.7 Å². The lowest BCUT2D eigenvalue weighted by Gasteiger charge is -2.12. The van der Waals surface area contributed by atoms with Crippen molar-refractivity contribution in [1.82, 2.24) is 9.97 Å². The zero-order valence-electron chi connectivity index (χ0n) is 6.07. The summed E-state index contributed by atoms with van der Waals surface area (Å²) in [5.41, 5.74) is 0.386. The zero-order chi connectivity index (χ0) is 8.55. The molecule has 0 fully saturated rings. The van der Waals surface area contributed by atoms with Gasteiger partial charge in [-0.05, 0) is 0 Å². The molecule has 1 N–H and O–H groups in total. The molecule has 0 saturated heterocycles. The summed E-state index contributed by atoms with van der Waals surface area (Å²) in [6.45, 7) is 0. The van der Waals surface area contributed by atoms with Crippen LogP contribution in [-0.2, 0) is 4.79 Å². The highest BCUT2D eigenvalue weighted by Crippen LogP contribution is 2.17. The number of fused-ring (bicyclic) bond motifs is 1. The number of carbonyl (C=O) groups excluding carboxylic acids is 2. The predicted octanol–water partition coefficient (Wildman–Crippen LogP) is 0.00150. The molecule has 1 amide bonds. The van der Waals surface area contributed by atoms with Crippen LogP contribution in [0.25, 0.3) is 0 Å². The first-order valence-electron chi connectivity index (χ1n) is 3.40. The third-order valence-corrected chi connectivity index (χ3v) is 1.59. The standard InChI is InChI=1S/C7H5N3O2/c11-5-1-6(12)10-7-4(5)2-8-3-9-7/h2-3H,1H2,(H,8,9,10,12). The summed E-state index contributed by atoms with van der Waals surface area (Å²) in [5.74, 6) is -0.230. The van der Waals surface area contributed by atoms with Crippen LogP contribution in [0.15, 0.2) is 12.5 Å². The van der Waals surface area contributed by atoms with Crippen LogP contribution in [0.3, 0.4) is 0 Å². The average molecular weight is 163 g/mol. The smallest absolute Gasteiger partial charge is 0.233 e. The zero-order valence-corrected chi connectivity index (χ0v) is 6.07. The number of hydrogen-bond acceptors (Lipinski definition) is 4. The molecule has 0 aromatic carbocycles. The van der Waals surface area contributed by atoms with E-state index >= 15 is 0 Å². The van der Waals surface area contributed by atoms with Gasteiger partial charge in [-0.3, -0.25) is 9.59 Å². The second-order valence-electron chi connectivity index (χ2n) is 2.43. The quantitative estimate of drug-likeness (QED) is 0.546. The number of anilines is 1. The Balaban J connectivity index is 2.54. The molecule has 5 nitrogen and oxygen atoms in total. The number of nitrogens with zero attached hydrogens (tertiary/aromatic N) is 2. The molecule has 0 aliphatic carbocycles. The molecule has 0 spiro atoms. The van der Waals surface area contributed by atoms with Gasteiger partial charge < -0.3 is 5.32 Å². The van der Waals surface area contributed by atoms with Crippen molar-refractivity contribution in [2.45, 2.75) is 6.42 Å². The van der Waals surface area contributed by atoms with E-state index in [1.807, 2.05) is 0 Å². The second-order valence-corrected chi connectivity index (χ2v) is 2.43. The second kappa shape index (κ2) is 2.37. The van der Waals surface area contributed by atoms with E-state index in [2.05, 4.69) is 15.3 Å². The van der Waals surface area contributed by atoms with Gasteiger partial charge in [0.05, 0.1) is 12.0 Å². The molecule has 2 heterocycles. The maximum Gasteiger partial charge on any atom is 0.233 e. The monoisotopic (exact) mass is 163 g/mol. The summed E-state index contributed by atoms with van der Waals surface area (Å²) >= 11 is 0. The molecule has 5 heteroatoms. The molecule has 0 atom stereocenters. The number of nitrogens with one attached hydrogen (secondary N) is 1. The van der Waals surface area contributed by atoms with Gasteiger partial charge in [-0.25, -0.2) is 9.97 Å². The largest absolute Gasteiger partial charge is 0.310 e. The Hall–Kier alpha value is -1.78. The summed E-state index contributed by atoms with van der Waals surface area (Å²) in [4.78, 5) is 29.4. The Kier molecular flexibility index (Phi) is 1.36. The topological polar surface area (TPSA) is 72.0 Å². The summed E-state index contributed by atoms with van der Waals surface area (Å²) in [5, 5.41) is 2.48. The van der Waals surface area contributed by atoms with Gasteiger partial charge in [-0.15, -0.1) is 0 Å². The number of Topliss-reactive ketones (excluding diaryl/α,β-unsaturated/α-hetero) is 1. The highest BCUT2D eigenvalue weighted by Gasteiger charge is 2.23. The molecule has 1 aromatic heterocycles. The number of ketones is 1. The molecular formula is C7H5N3O2. The molecule has 0 unspecified atom stereocenters. The van der Waals surface area contributed by atoms with Crippen LogP contribution < -0.4 is 5.32 Å². The lowest BCUT2D eigenvalue weighted by molar-refractivity contribution is -0.115. The fraction of sp³-hybridized carbons (Fsp3) is 0.143. The number of aromatic nitrogens is 2. The SMILES string of the molecule is O=C1CC(=O)c2cncnc2N1. The minimum absolute atomic E-state index is 0.111. The summed E-state index contributed by atoms with van der Waals surface area (Å²) in [6.07, 6.45) is 2.59. The van der Waals surface area contributed by atoms with E-state index in [1.54, 1.807) is 0 Å². The lowest BCUT2D eigenvalue weighted by atomic mass is 10.1. The van der Waals surface area contributed by atoms with E-state index < -0.39 is 0 Å². The van der Waals surface area contributed by atoms with Crippen molar-refractivity contribution in [2.24, 2.45) is 0 Å². The van der Waals surface area contributed by atoms with Gasteiger partial charge in [0, 0.05) is 6.20 Å². The van der Waals surface area contributed by atoms with Gasteiger partial charge >= 0.3 is 0 Å². The molecule has 12 heavy (non-hydrogen) atoms. The first kappa shape index (κ1) is 6.90. The molecule has 1 aliphatic rings. The van der Waals surface area contributed by atoms with E-state index in [-0.39, 0.29) is 18.1 Å². The number of hydrogen-bond donors (Lipinski definition) is 1. The average Bonchev–Trinajstić information content (AvgIpc) is 2.04. The summed E-state index contributed by atoms with van der Waals surface area (Å²) < 4.78 is 0. The number of amides is 1. The highest BCUT2D eigenvalue weighted by atomic mass is 16.2. The Morgan fingerprint density at radius 2 is 2.25 bits per heavy atom. The van der Waals surface area contributed by atoms with Crippen LogP contribution in [0.2, 0.25) is 0 Å². The van der Waals surface area contributed by atoms with Crippen molar-refractivity contribution < 1.29 is 9.59 Å². The van der Waals surface area contributed by atoms with Gasteiger partial charge in [-0.2, -0.15) is 0 Å². The number of carbonyl (C=O) groups is 2. The van der Waals surface area contributed by atoms with Crippen molar-refractivity contribution >= 4 is 17.5 Å². The molecule has 2 rings (SSSR count). The summed E-state index contributed by atoms with van der Waals surface area (Å²) in [7, 11) is 0. The third-order valence-electron chi connectivity index (χ3n) is 1.59. The fourth-order valence-corrected chi connectivity index (χ4v) is 1.05. The Labute approximate surface area is 67.8 Å². The van der Waals surface area contributed by atoms with Crippen LogP contribution in [0.5, 0.6) is 0 Å². The molecular weight excluding hydrogens is 158 g/mol. The molecule has 0 bridgehead atoms. The van der Waals surface area contributed by atoms with E-state index in [1.165, 1.54) is 12.5 Å². The Morgan fingerprint density at radius 1 is 1.42 bits per heavy atom. The van der Waals surface area contributed by atoms with Crippen LogP contribution in [0.1, 0.15) is 16.8 Å². The molecule has 1 aromatic rings. The highest BCUT2D eigenvalue weighted by molar-refractivity contribution is 6.17. The minimum atomic E-state index is -0.314. The first-order valence-corrected chi connectivity index (χ1v) is 3.40. The van der Waals surface area contributed by atoms with Gasteiger partial charge in [0.1, 0.15) is 12.1 Å². The van der Waals surface area contributed by atoms with Crippen molar-refractivity contribution in [2.75, 3.05) is 5.32 Å². The van der Waals surface area contributed by atoms with Crippen LogP contribution in [0, 0.1) is 0 Å². The minimum Gasteiger partial charge on any atom is -0.310 e. The van der Waals surface area contributed by atoms with E-state index in [4.69, 9.17) is 0 Å². The maximum absolute atomic E-state index is 11.2. The lowest BCUT2D eigenvalue weighted by Crippen LogP contribution is -2.25. The normalized spacial score (nSPS) is 15.3. The third kappa shape index (κ3) is 0.952. The van der Waals surface area contributed by atoms with Crippen molar-refractivity contribution in [3.8, 4) is 0 Å². The van der Waals surface area contributed by atoms with Gasteiger partial charge in [-0.1, -0.05) is 0 Å². The molecule has 0 saturated carbocycles. The Morgan fingerprint density at radius 3 is 3.08 bits per heavy atom. The first-order chi connectivity index (χ1) is 5.77. The van der Waals surface area contributed by atoms with Gasteiger partial charge in [0.25, 0.3) is 0 Å². The van der Waals surface area contributed by atoms with Crippen molar-refractivity contribution in [1.29, 1.82) is 0 Å². The van der Waals surface area contributed by atoms with Gasteiger partial charge in [0.15, 0.2) is 5.78 Å². The van der Waals surface area contributed by atoms with E-state index in [9.17, 15) is 9.59 Å². The van der Waals surface area contributed by atoms with Crippen LogP contribution in [0.4, 0.5) is 5.82 Å². The van der Waals surface area contributed by atoms with Crippen molar-refractivity contribution in [3.63, 3.8) is 0 Å². The van der Waals surface area contributed by atoms with E-state index in [0.29, 0.717) is 11.4 Å². The molecule has 60 valence electrons. The molecule has 0 radical (unpaired) electrons. The van der Waals surface area contributed by atoms with Crippen molar-refractivity contribution in [3.05, 3.63) is 18.1 Å². The number of rotatable bonds is 0. The predicted molar refractivity (Wildman–Crippen MR) is 39.6 cm³/mol. The maximum atomic E-state index is 11.2. The molecule has 1 aliphatic heterocycles. The van der Waals surface area contributed by atoms with E-state index in [0.717, 1.165) is 0 Å². The summed E-state index contributed by atoms with van der Waals surface area (Å²) in [6, 6.07) is 0.